The second kappa shape index (κ2) is 6.44. The molecule has 2 aromatic rings. The van der Waals surface area contributed by atoms with E-state index >= 15 is 0 Å². The summed E-state index contributed by atoms with van der Waals surface area (Å²) in [7, 11) is 0. The van der Waals surface area contributed by atoms with Crippen LogP contribution in [0.3, 0.4) is 0 Å². The molecule has 1 N–H and O–H groups in total. The molecule has 1 heterocycles. The third kappa shape index (κ3) is 3.39. The molecule has 0 fully saturated rings. The van der Waals surface area contributed by atoms with Gasteiger partial charge in [0.2, 0.25) is 0 Å². The molecule has 0 aliphatic rings. The fourth-order valence-corrected chi connectivity index (χ4v) is 2.50. The predicted molar refractivity (Wildman–Crippen MR) is 80.9 cm³/mol. The molecular weight excluding hydrogens is 302 g/mol. The lowest BCUT2D eigenvalue weighted by Gasteiger charge is -2.11. The molecule has 19 heavy (non-hydrogen) atoms. The van der Waals surface area contributed by atoms with E-state index in [2.05, 4.69) is 57.1 Å². The summed E-state index contributed by atoms with van der Waals surface area (Å²) >= 11 is 3.48. The third-order valence-corrected chi connectivity index (χ3v) is 3.60. The monoisotopic (exact) mass is 317 g/mol. The SMILES string of the molecule is CCCn1cccc1CNc1ccc(C#N)cc1Br. The molecule has 1 aromatic heterocycles. The van der Waals surface area contributed by atoms with Crippen LogP contribution in [-0.2, 0) is 13.1 Å². The first-order valence-electron chi connectivity index (χ1n) is 6.32. The molecule has 1 aromatic carbocycles. The quantitative estimate of drug-likeness (QED) is 0.900. The molecule has 0 aliphatic heterocycles. The van der Waals surface area contributed by atoms with Crippen molar-refractivity contribution in [3.63, 3.8) is 0 Å². The van der Waals surface area contributed by atoms with E-state index in [0.717, 1.165) is 29.7 Å². The maximum absolute atomic E-state index is 8.83. The van der Waals surface area contributed by atoms with E-state index in [4.69, 9.17) is 5.26 Å². The molecule has 0 saturated heterocycles. The van der Waals surface area contributed by atoms with Crippen LogP contribution >= 0.6 is 15.9 Å². The van der Waals surface area contributed by atoms with Gasteiger partial charge < -0.3 is 9.88 Å². The normalized spacial score (nSPS) is 10.2. The van der Waals surface area contributed by atoms with Gasteiger partial charge >= 0.3 is 0 Å². The number of hydrogen-bond donors (Lipinski definition) is 1. The number of aryl methyl sites for hydroxylation is 1. The van der Waals surface area contributed by atoms with Crippen LogP contribution in [0.15, 0.2) is 41.0 Å². The van der Waals surface area contributed by atoms with Gasteiger partial charge in [0.15, 0.2) is 0 Å². The molecule has 98 valence electrons. The van der Waals surface area contributed by atoms with Crippen LogP contribution in [0.2, 0.25) is 0 Å². The van der Waals surface area contributed by atoms with Gasteiger partial charge in [-0.1, -0.05) is 6.92 Å². The topological polar surface area (TPSA) is 40.8 Å². The number of nitrogens with zero attached hydrogens (tertiary/aromatic N) is 2. The second-order valence-electron chi connectivity index (χ2n) is 4.35. The van der Waals surface area contributed by atoms with Gasteiger partial charge in [-0.3, -0.25) is 0 Å². The van der Waals surface area contributed by atoms with Crippen LogP contribution in [0.1, 0.15) is 24.6 Å². The highest BCUT2D eigenvalue weighted by atomic mass is 79.9. The third-order valence-electron chi connectivity index (χ3n) is 2.95. The van der Waals surface area contributed by atoms with Crippen LogP contribution in [-0.4, -0.2) is 4.57 Å². The predicted octanol–water partition coefficient (Wildman–Crippen LogP) is 4.14. The number of nitrogens with one attached hydrogen (secondary N) is 1. The summed E-state index contributed by atoms with van der Waals surface area (Å²) in [6.45, 7) is 3.99. The summed E-state index contributed by atoms with van der Waals surface area (Å²) < 4.78 is 3.17. The maximum atomic E-state index is 8.83. The van der Waals surface area contributed by atoms with Gasteiger partial charge in [-0.2, -0.15) is 5.26 Å². The van der Waals surface area contributed by atoms with Crippen LogP contribution < -0.4 is 5.32 Å². The molecule has 0 unspecified atom stereocenters. The number of nitriles is 1. The summed E-state index contributed by atoms with van der Waals surface area (Å²) in [5.41, 5.74) is 2.92. The van der Waals surface area contributed by atoms with Crippen molar-refractivity contribution in [3.8, 4) is 6.07 Å². The Kier molecular flexibility index (Phi) is 4.64. The Balaban J connectivity index is 2.06. The fraction of sp³-hybridized carbons (Fsp3) is 0.267. The number of aromatic nitrogens is 1. The minimum atomic E-state index is 0.659. The molecule has 0 saturated carbocycles. The Bertz CT molecular complexity index is 596. The lowest BCUT2D eigenvalue weighted by atomic mass is 10.2. The Morgan fingerprint density at radius 3 is 2.89 bits per heavy atom. The minimum absolute atomic E-state index is 0.659. The molecule has 0 spiro atoms. The molecule has 4 heteroatoms. The van der Waals surface area contributed by atoms with Crippen LogP contribution in [0.4, 0.5) is 5.69 Å². The molecule has 0 amide bonds. The smallest absolute Gasteiger partial charge is 0.0992 e. The summed E-state index contributed by atoms with van der Waals surface area (Å²) in [5, 5.41) is 12.2. The zero-order chi connectivity index (χ0) is 13.7. The standard InChI is InChI=1S/C15H16BrN3/c1-2-7-19-8-3-4-13(19)11-18-15-6-5-12(10-17)9-14(15)16/h3-6,8-9,18H,2,7,11H2,1H3. The van der Waals surface area contributed by atoms with E-state index in [9.17, 15) is 0 Å². The van der Waals surface area contributed by atoms with Crippen LogP contribution in [0.5, 0.6) is 0 Å². The molecule has 0 aliphatic carbocycles. The van der Waals surface area contributed by atoms with Crippen molar-refractivity contribution < 1.29 is 0 Å². The Morgan fingerprint density at radius 2 is 2.21 bits per heavy atom. The van der Waals surface area contributed by atoms with Crippen LogP contribution in [0.25, 0.3) is 0 Å². The van der Waals surface area contributed by atoms with E-state index in [0.29, 0.717) is 5.56 Å². The molecule has 0 bridgehead atoms. The molecule has 3 nitrogen and oxygen atoms in total. The van der Waals surface area contributed by atoms with Crippen molar-refractivity contribution in [3.05, 3.63) is 52.3 Å². The molecule has 2 rings (SSSR count). The van der Waals surface area contributed by atoms with Gasteiger partial charge in [0.25, 0.3) is 0 Å². The van der Waals surface area contributed by atoms with Crippen molar-refractivity contribution >= 4 is 21.6 Å². The van der Waals surface area contributed by atoms with Crippen molar-refractivity contribution in [2.75, 3.05) is 5.32 Å². The zero-order valence-electron chi connectivity index (χ0n) is 10.9. The molecular formula is C15H16BrN3. The van der Waals surface area contributed by atoms with E-state index in [1.54, 1.807) is 0 Å². The zero-order valence-corrected chi connectivity index (χ0v) is 12.4. The number of anilines is 1. The average Bonchev–Trinajstić information content (AvgIpc) is 2.85. The summed E-state index contributed by atoms with van der Waals surface area (Å²) in [6.07, 6.45) is 3.23. The molecule has 0 atom stereocenters. The minimum Gasteiger partial charge on any atom is -0.379 e. The highest BCUT2D eigenvalue weighted by Gasteiger charge is 2.03. The fourth-order valence-electron chi connectivity index (χ4n) is 1.98. The average molecular weight is 318 g/mol. The van der Waals surface area contributed by atoms with E-state index < -0.39 is 0 Å². The van der Waals surface area contributed by atoms with E-state index in [-0.39, 0.29) is 0 Å². The maximum Gasteiger partial charge on any atom is 0.0992 e. The first kappa shape index (κ1) is 13.7. The first-order valence-corrected chi connectivity index (χ1v) is 7.11. The van der Waals surface area contributed by atoms with Crippen LogP contribution in [0, 0.1) is 11.3 Å². The number of hydrogen-bond acceptors (Lipinski definition) is 2. The van der Waals surface area contributed by atoms with Crippen molar-refractivity contribution in [2.45, 2.75) is 26.4 Å². The van der Waals surface area contributed by atoms with Gasteiger partial charge in [-0.15, -0.1) is 0 Å². The summed E-state index contributed by atoms with van der Waals surface area (Å²) in [6, 6.07) is 11.9. The van der Waals surface area contributed by atoms with Gasteiger partial charge in [0.1, 0.15) is 0 Å². The Labute approximate surface area is 122 Å². The first-order chi connectivity index (χ1) is 9.24. The summed E-state index contributed by atoms with van der Waals surface area (Å²) in [5.74, 6) is 0. The number of halogens is 1. The van der Waals surface area contributed by atoms with E-state index in [1.165, 1.54) is 5.69 Å². The summed E-state index contributed by atoms with van der Waals surface area (Å²) in [4.78, 5) is 0. The second-order valence-corrected chi connectivity index (χ2v) is 5.21. The lowest BCUT2D eigenvalue weighted by Crippen LogP contribution is -2.07. The van der Waals surface area contributed by atoms with Gasteiger partial charge in [0, 0.05) is 28.6 Å². The lowest BCUT2D eigenvalue weighted by molar-refractivity contribution is 0.654. The van der Waals surface area contributed by atoms with Gasteiger partial charge in [0.05, 0.1) is 18.2 Å². The largest absolute Gasteiger partial charge is 0.379 e. The van der Waals surface area contributed by atoms with E-state index in [1.807, 2.05) is 18.2 Å². The highest BCUT2D eigenvalue weighted by molar-refractivity contribution is 9.10. The Morgan fingerprint density at radius 1 is 1.37 bits per heavy atom. The van der Waals surface area contributed by atoms with Gasteiger partial charge in [-0.05, 0) is 52.7 Å². The van der Waals surface area contributed by atoms with Crippen molar-refractivity contribution in [2.24, 2.45) is 0 Å². The van der Waals surface area contributed by atoms with Gasteiger partial charge in [-0.25, -0.2) is 0 Å². The Hall–Kier alpha value is -1.73. The number of rotatable bonds is 5. The highest BCUT2D eigenvalue weighted by Crippen LogP contribution is 2.24. The van der Waals surface area contributed by atoms with Crippen molar-refractivity contribution in [1.82, 2.24) is 4.57 Å². The number of benzene rings is 1. The van der Waals surface area contributed by atoms with Crippen molar-refractivity contribution in [1.29, 1.82) is 5.26 Å². The molecule has 0 radical (unpaired) electrons.